The minimum Gasteiger partial charge on any atom is -0.427 e. The molecule has 1 aliphatic heterocycles. The third kappa shape index (κ3) is 5.45. The molecular formula is C33H38N2O4. The lowest BCUT2D eigenvalue weighted by Crippen LogP contribution is -2.61. The monoisotopic (exact) mass is 526 g/mol. The smallest absolute Gasteiger partial charge is 0.308 e. The first-order valence-electron chi connectivity index (χ1n) is 14.3. The van der Waals surface area contributed by atoms with E-state index in [4.69, 9.17) is 9.47 Å². The van der Waals surface area contributed by atoms with Crippen LogP contribution in [-0.2, 0) is 14.9 Å². The number of likely N-dealkylation sites (tertiary alicyclic amines) is 1. The molecule has 6 heteroatoms. The van der Waals surface area contributed by atoms with Gasteiger partial charge in [-0.25, -0.2) is 0 Å². The van der Waals surface area contributed by atoms with Gasteiger partial charge in [-0.2, -0.15) is 0 Å². The summed E-state index contributed by atoms with van der Waals surface area (Å²) in [6, 6.07) is 22.0. The Balaban J connectivity index is 1.30. The molecule has 1 saturated heterocycles. The number of rotatable bonds is 7. The summed E-state index contributed by atoms with van der Waals surface area (Å²) in [5, 5.41) is 5.56. The fraction of sp³-hybridized carbons (Fsp3) is 0.455. The molecule has 3 fully saturated rings. The Kier molecular flexibility index (Phi) is 7.17. The molecule has 4 atom stereocenters. The standard InChI is InChI=1S/C33H38N2O4/c1-22(36)39-29-9-5-8-27(17-29)33-14-15-35(20-23-10-11-23)21-30(33)31(38-2)18-28(19-33)34-32(37)26-13-12-24-6-3-4-7-25(24)16-26/h3-9,12-13,16-17,23,28,30-31H,10-11,14-15,18-21H2,1-2H3,(H,34,37). The maximum atomic E-state index is 13.5. The largest absolute Gasteiger partial charge is 0.427 e. The van der Waals surface area contributed by atoms with Gasteiger partial charge in [0.15, 0.2) is 0 Å². The van der Waals surface area contributed by atoms with Gasteiger partial charge in [-0.05, 0) is 85.2 Å². The molecule has 0 bridgehead atoms. The minimum atomic E-state index is -0.320. The zero-order valence-electron chi connectivity index (χ0n) is 22.9. The van der Waals surface area contributed by atoms with Crippen molar-refractivity contribution in [3.8, 4) is 5.75 Å². The number of ether oxygens (including phenoxy) is 2. The molecule has 3 aromatic rings. The maximum Gasteiger partial charge on any atom is 0.308 e. The van der Waals surface area contributed by atoms with Gasteiger partial charge >= 0.3 is 5.97 Å². The van der Waals surface area contributed by atoms with Crippen LogP contribution in [0.1, 0.15) is 54.9 Å². The van der Waals surface area contributed by atoms with E-state index in [0.717, 1.165) is 49.0 Å². The van der Waals surface area contributed by atoms with Crippen LogP contribution < -0.4 is 10.1 Å². The third-order valence-corrected chi connectivity index (χ3v) is 9.15. The Morgan fingerprint density at radius 2 is 1.85 bits per heavy atom. The summed E-state index contributed by atoms with van der Waals surface area (Å²) >= 11 is 0. The molecule has 1 amide bonds. The van der Waals surface area contributed by atoms with Gasteiger partial charge in [0, 0.05) is 50.1 Å². The number of fused-ring (bicyclic) bond motifs is 2. The molecule has 0 aromatic heterocycles. The van der Waals surface area contributed by atoms with Crippen LogP contribution in [0, 0.1) is 11.8 Å². The van der Waals surface area contributed by atoms with Crippen LogP contribution in [0.4, 0.5) is 0 Å². The number of methoxy groups -OCH3 is 1. The fourth-order valence-corrected chi connectivity index (χ4v) is 7.09. The van der Waals surface area contributed by atoms with E-state index < -0.39 is 0 Å². The number of carbonyl (C=O) groups is 2. The number of hydrogen-bond donors (Lipinski definition) is 1. The molecule has 2 saturated carbocycles. The summed E-state index contributed by atoms with van der Waals surface area (Å²) in [6.45, 7) is 4.60. The first-order valence-corrected chi connectivity index (χ1v) is 14.3. The average Bonchev–Trinajstić information content (AvgIpc) is 3.76. The van der Waals surface area contributed by atoms with Crippen LogP contribution in [0.5, 0.6) is 5.75 Å². The number of hydrogen-bond acceptors (Lipinski definition) is 5. The van der Waals surface area contributed by atoms with E-state index in [1.165, 1.54) is 31.9 Å². The molecular weight excluding hydrogens is 488 g/mol. The molecule has 4 unspecified atom stereocenters. The van der Waals surface area contributed by atoms with Crippen molar-refractivity contribution < 1.29 is 19.1 Å². The van der Waals surface area contributed by atoms with Crippen molar-refractivity contribution in [2.45, 2.75) is 56.6 Å². The lowest BCUT2D eigenvalue weighted by Gasteiger charge is -2.55. The lowest BCUT2D eigenvalue weighted by atomic mass is 9.57. The Morgan fingerprint density at radius 3 is 2.62 bits per heavy atom. The lowest BCUT2D eigenvalue weighted by molar-refractivity contribution is -0.131. The molecule has 1 N–H and O–H groups in total. The van der Waals surface area contributed by atoms with Gasteiger partial charge in [0.25, 0.3) is 5.91 Å². The number of piperidine rings is 1. The van der Waals surface area contributed by atoms with Gasteiger partial charge in [0.1, 0.15) is 5.75 Å². The summed E-state index contributed by atoms with van der Waals surface area (Å²) in [4.78, 5) is 27.8. The number of esters is 1. The zero-order chi connectivity index (χ0) is 27.0. The van der Waals surface area contributed by atoms with Crippen LogP contribution in [0.3, 0.4) is 0 Å². The number of nitrogens with zero attached hydrogens (tertiary/aromatic N) is 1. The summed E-state index contributed by atoms with van der Waals surface area (Å²) in [7, 11) is 1.80. The van der Waals surface area contributed by atoms with Crippen molar-refractivity contribution in [2.24, 2.45) is 11.8 Å². The Morgan fingerprint density at radius 1 is 1.03 bits per heavy atom. The van der Waals surface area contributed by atoms with E-state index in [2.05, 4.69) is 22.3 Å². The summed E-state index contributed by atoms with van der Waals surface area (Å²) < 4.78 is 11.7. The summed E-state index contributed by atoms with van der Waals surface area (Å²) in [5.41, 5.74) is 1.66. The third-order valence-electron chi connectivity index (χ3n) is 9.15. The van der Waals surface area contributed by atoms with E-state index in [0.29, 0.717) is 11.3 Å². The molecule has 204 valence electrons. The molecule has 0 spiro atoms. The van der Waals surface area contributed by atoms with Gasteiger partial charge in [-0.1, -0.05) is 42.5 Å². The molecule has 6 rings (SSSR count). The second kappa shape index (κ2) is 10.7. The number of nitrogens with one attached hydrogen (secondary N) is 1. The molecule has 0 radical (unpaired) electrons. The average molecular weight is 527 g/mol. The van der Waals surface area contributed by atoms with Crippen LogP contribution in [0.2, 0.25) is 0 Å². The highest BCUT2D eigenvalue weighted by atomic mass is 16.5. The van der Waals surface area contributed by atoms with Crippen molar-refractivity contribution in [3.63, 3.8) is 0 Å². The van der Waals surface area contributed by atoms with Crippen LogP contribution in [0.25, 0.3) is 10.8 Å². The second-order valence-electron chi connectivity index (χ2n) is 11.8. The second-order valence-corrected chi connectivity index (χ2v) is 11.8. The number of carbonyl (C=O) groups excluding carboxylic acids is 2. The molecule has 3 aromatic carbocycles. The summed E-state index contributed by atoms with van der Waals surface area (Å²) in [6.07, 6.45) is 5.29. The predicted molar refractivity (Wildman–Crippen MR) is 152 cm³/mol. The van der Waals surface area contributed by atoms with E-state index in [1.54, 1.807) is 7.11 Å². The van der Waals surface area contributed by atoms with Gasteiger partial charge in [0.2, 0.25) is 0 Å². The van der Waals surface area contributed by atoms with Gasteiger partial charge in [0.05, 0.1) is 6.10 Å². The van der Waals surface area contributed by atoms with Crippen molar-refractivity contribution in [2.75, 3.05) is 26.7 Å². The SMILES string of the molecule is COC1CC(NC(=O)c2ccc3ccccc3c2)CC2(c3cccc(OC(C)=O)c3)CCN(CC3CC3)CC12. The van der Waals surface area contributed by atoms with E-state index in [9.17, 15) is 9.59 Å². The van der Waals surface area contributed by atoms with Gasteiger partial charge in [-0.3, -0.25) is 9.59 Å². The molecule has 6 nitrogen and oxygen atoms in total. The van der Waals surface area contributed by atoms with E-state index in [-0.39, 0.29) is 35.4 Å². The predicted octanol–water partition coefficient (Wildman–Crippen LogP) is 5.34. The van der Waals surface area contributed by atoms with Gasteiger partial charge in [-0.15, -0.1) is 0 Å². The molecule has 39 heavy (non-hydrogen) atoms. The highest BCUT2D eigenvalue weighted by Gasteiger charge is 2.53. The van der Waals surface area contributed by atoms with Crippen LogP contribution in [0.15, 0.2) is 66.7 Å². The van der Waals surface area contributed by atoms with Crippen molar-refractivity contribution in [3.05, 3.63) is 77.9 Å². The Hall–Kier alpha value is -3.22. The number of amides is 1. The summed E-state index contributed by atoms with van der Waals surface area (Å²) in [5.74, 6) is 1.33. The molecule has 1 heterocycles. The molecule has 2 aliphatic carbocycles. The Bertz CT molecular complexity index is 1370. The van der Waals surface area contributed by atoms with E-state index in [1.807, 2.05) is 54.6 Å². The van der Waals surface area contributed by atoms with Crippen LogP contribution >= 0.6 is 0 Å². The Labute approximate surface area is 230 Å². The first kappa shape index (κ1) is 26.0. The van der Waals surface area contributed by atoms with Crippen LogP contribution in [-0.4, -0.2) is 55.7 Å². The van der Waals surface area contributed by atoms with Gasteiger partial charge < -0.3 is 19.7 Å². The zero-order valence-corrected chi connectivity index (χ0v) is 22.9. The highest BCUT2D eigenvalue weighted by Crippen LogP contribution is 2.51. The van der Waals surface area contributed by atoms with E-state index >= 15 is 0 Å². The quantitative estimate of drug-likeness (QED) is 0.332. The fourth-order valence-electron chi connectivity index (χ4n) is 7.09. The highest BCUT2D eigenvalue weighted by molar-refractivity contribution is 5.98. The maximum absolute atomic E-state index is 13.5. The van der Waals surface area contributed by atoms with Crippen molar-refractivity contribution in [1.82, 2.24) is 10.2 Å². The first-order chi connectivity index (χ1) is 18.9. The number of benzene rings is 3. The van der Waals surface area contributed by atoms with Crippen molar-refractivity contribution in [1.29, 1.82) is 0 Å². The molecule has 3 aliphatic rings. The van der Waals surface area contributed by atoms with Crippen molar-refractivity contribution >= 4 is 22.6 Å². The normalized spacial score (nSPS) is 27.1. The topological polar surface area (TPSA) is 67.9 Å². The minimum absolute atomic E-state index is 0.0139.